The third kappa shape index (κ3) is 5.49. The SMILES string of the molecule is COc1cc(F)ccc1-c1ccc(=O)n(CC(=O)N(CC(C)C)[C@@H]2CCS(=O)(=O)C2)n1. The molecule has 8 nitrogen and oxygen atoms in total. The van der Waals surface area contributed by atoms with Crippen LogP contribution in [0.15, 0.2) is 35.1 Å². The van der Waals surface area contributed by atoms with Gasteiger partial charge in [-0.1, -0.05) is 13.8 Å². The first-order valence-corrected chi connectivity index (χ1v) is 11.8. The highest BCUT2D eigenvalue weighted by Crippen LogP contribution is 2.28. The van der Waals surface area contributed by atoms with Crippen molar-refractivity contribution in [1.82, 2.24) is 14.7 Å². The highest BCUT2D eigenvalue weighted by Gasteiger charge is 2.35. The van der Waals surface area contributed by atoms with Gasteiger partial charge in [-0.05, 0) is 30.5 Å². The maximum atomic E-state index is 13.5. The minimum absolute atomic E-state index is 0.0532. The molecule has 0 aliphatic carbocycles. The molecule has 0 radical (unpaired) electrons. The van der Waals surface area contributed by atoms with Crippen LogP contribution in [-0.4, -0.2) is 60.2 Å². The molecule has 0 unspecified atom stereocenters. The van der Waals surface area contributed by atoms with Crippen molar-refractivity contribution in [1.29, 1.82) is 0 Å². The van der Waals surface area contributed by atoms with Gasteiger partial charge in [0.05, 0.1) is 24.3 Å². The Hall–Kier alpha value is -2.75. The summed E-state index contributed by atoms with van der Waals surface area (Å²) in [6.07, 6.45) is 0.385. The molecule has 1 aromatic carbocycles. The van der Waals surface area contributed by atoms with E-state index in [2.05, 4.69) is 5.10 Å². The molecule has 2 aromatic rings. The number of hydrogen-bond donors (Lipinski definition) is 0. The highest BCUT2D eigenvalue weighted by molar-refractivity contribution is 7.91. The summed E-state index contributed by atoms with van der Waals surface area (Å²) < 4.78 is 43.6. The van der Waals surface area contributed by atoms with Crippen LogP contribution in [0, 0.1) is 11.7 Å². The van der Waals surface area contributed by atoms with E-state index in [-0.39, 0.29) is 35.6 Å². The van der Waals surface area contributed by atoms with Crippen molar-refractivity contribution in [2.24, 2.45) is 5.92 Å². The number of benzene rings is 1. The van der Waals surface area contributed by atoms with Gasteiger partial charge in [0.15, 0.2) is 9.84 Å². The van der Waals surface area contributed by atoms with Crippen molar-refractivity contribution in [3.8, 4) is 17.0 Å². The summed E-state index contributed by atoms with van der Waals surface area (Å²) in [4.78, 5) is 27.0. The standard InChI is InChI=1S/C21H26FN3O5S/c1-14(2)11-24(16-8-9-31(28,29)13-16)21(27)12-25-20(26)7-6-18(23-25)17-5-4-15(22)10-19(17)30-3/h4-7,10,14,16H,8-9,11-13H2,1-3H3/t16-/m1/s1. The van der Waals surface area contributed by atoms with Gasteiger partial charge >= 0.3 is 0 Å². The van der Waals surface area contributed by atoms with Gasteiger partial charge in [0.1, 0.15) is 18.1 Å². The average Bonchev–Trinajstić information content (AvgIpc) is 3.07. The first kappa shape index (κ1) is 22.9. The molecule has 1 aliphatic heterocycles. The van der Waals surface area contributed by atoms with Gasteiger partial charge in [0.2, 0.25) is 5.91 Å². The molecule has 168 valence electrons. The average molecular weight is 452 g/mol. The first-order valence-electron chi connectivity index (χ1n) is 10.0. The highest BCUT2D eigenvalue weighted by atomic mass is 32.2. The monoisotopic (exact) mass is 451 g/mol. The maximum absolute atomic E-state index is 13.5. The van der Waals surface area contributed by atoms with Crippen molar-refractivity contribution >= 4 is 15.7 Å². The Bertz CT molecular complexity index is 1130. The normalized spacial score (nSPS) is 17.6. The maximum Gasteiger partial charge on any atom is 0.267 e. The Kier molecular flexibility index (Phi) is 6.78. The first-order chi connectivity index (χ1) is 14.6. The molecule has 1 saturated heterocycles. The largest absolute Gasteiger partial charge is 0.496 e. The van der Waals surface area contributed by atoms with Crippen molar-refractivity contribution < 1.29 is 22.3 Å². The number of aromatic nitrogens is 2. The van der Waals surface area contributed by atoms with E-state index in [1.807, 2.05) is 13.8 Å². The summed E-state index contributed by atoms with van der Waals surface area (Å²) in [5.74, 6) is -0.472. The van der Waals surface area contributed by atoms with Gasteiger partial charge in [-0.25, -0.2) is 17.5 Å². The van der Waals surface area contributed by atoms with E-state index in [1.54, 1.807) is 4.90 Å². The smallest absolute Gasteiger partial charge is 0.267 e. The number of rotatable bonds is 7. The number of nitrogens with zero attached hydrogens (tertiary/aromatic N) is 3. The van der Waals surface area contributed by atoms with E-state index in [4.69, 9.17) is 4.74 Å². The molecule has 2 heterocycles. The number of halogens is 1. The molecule has 0 N–H and O–H groups in total. The van der Waals surface area contributed by atoms with E-state index >= 15 is 0 Å². The molecule has 3 rings (SSSR count). The van der Waals surface area contributed by atoms with E-state index in [9.17, 15) is 22.4 Å². The number of ether oxygens (including phenoxy) is 1. The minimum Gasteiger partial charge on any atom is -0.496 e. The van der Waals surface area contributed by atoms with Crippen LogP contribution >= 0.6 is 0 Å². The van der Waals surface area contributed by atoms with Crippen LogP contribution in [-0.2, 0) is 21.2 Å². The van der Waals surface area contributed by atoms with Crippen molar-refractivity contribution in [3.63, 3.8) is 0 Å². The topological polar surface area (TPSA) is 98.6 Å². The lowest BCUT2D eigenvalue weighted by atomic mass is 10.1. The number of sulfone groups is 1. The van der Waals surface area contributed by atoms with Gasteiger partial charge in [-0.15, -0.1) is 0 Å². The van der Waals surface area contributed by atoms with Crippen LogP contribution in [0.2, 0.25) is 0 Å². The predicted molar refractivity (Wildman–Crippen MR) is 114 cm³/mol. The van der Waals surface area contributed by atoms with Gasteiger partial charge < -0.3 is 9.64 Å². The van der Waals surface area contributed by atoms with Crippen molar-refractivity contribution in [2.45, 2.75) is 32.9 Å². The van der Waals surface area contributed by atoms with Gasteiger partial charge in [-0.2, -0.15) is 5.10 Å². The third-order valence-corrected chi connectivity index (χ3v) is 6.87. The fraction of sp³-hybridized carbons (Fsp3) is 0.476. The molecule has 31 heavy (non-hydrogen) atoms. The van der Waals surface area contributed by atoms with Crippen LogP contribution in [0.1, 0.15) is 20.3 Å². The van der Waals surface area contributed by atoms with Gasteiger partial charge in [0, 0.05) is 30.3 Å². The van der Waals surface area contributed by atoms with Gasteiger partial charge in [0.25, 0.3) is 5.56 Å². The van der Waals surface area contributed by atoms with Crippen LogP contribution in [0.5, 0.6) is 5.75 Å². The Morgan fingerprint density at radius 2 is 2.06 bits per heavy atom. The Morgan fingerprint density at radius 3 is 2.68 bits per heavy atom. The zero-order valence-corrected chi connectivity index (χ0v) is 18.6. The van der Waals surface area contributed by atoms with E-state index in [0.29, 0.717) is 24.2 Å². The van der Waals surface area contributed by atoms with Crippen LogP contribution in [0.3, 0.4) is 0 Å². The molecular formula is C21H26FN3O5S. The third-order valence-electron chi connectivity index (χ3n) is 5.12. The number of carbonyl (C=O) groups excluding carboxylic acids is 1. The second kappa shape index (κ2) is 9.17. The second-order valence-electron chi connectivity index (χ2n) is 8.06. The summed E-state index contributed by atoms with van der Waals surface area (Å²) in [7, 11) is -1.77. The molecule has 0 saturated carbocycles. The quantitative estimate of drug-likeness (QED) is 0.636. The Morgan fingerprint density at radius 1 is 1.32 bits per heavy atom. The van der Waals surface area contributed by atoms with E-state index in [0.717, 1.165) is 4.68 Å². The number of methoxy groups -OCH3 is 1. The molecule has 1 fully saturated rings. The molecule has 0 spiro atoms. The summed E-state index contributed by atoms with van der Waals surface area (Å²) >= 11 is 0. The van der Waals surface area contributed by atoms with Gasteiger partial charge in [-0.3, -0.25) is 9.59 Å². The predicted octanol–water partition coefficient (Wildman–Crippen LogP) is 1.73. The zero-order chi connectivity index (χ0) is 22.8. The van der Waals surface area contributed by atoms with Crippen LogP contribution in [0.25, 0.3) is 11.3 Å². The minimum atomic E-state index is -3.17. The Labute approximate surface area is 180 Å². The molecule has 1 aromatic heterocycles. The molecule has 0 bridgehead atoms. The summed E-state index contributed by atoms with van der Waals surface area (Å²) in [5.41, 5.74) is 0.357. The van der Waals surface area contributed by atoms with Crippen molar-refractivity contribution in [3.05, 3.63) is 46.5 Å². The van der Waals surface area contributed by atoms with Crippen molar-refractivity contribution in [2.75, 3.05) is 25.2 Å². The molecule has 1 amide bonds. The lowest BCUT2D eigenvalue weighted by Gasteiger charge is -2.30. The van der Waals surface area contributed by atoms with E-state index in [1.165, 1.54) is 37.4 Å². The fourth-order valence-corrected chi connectivity index (χ4v) is 5.40. The summed E-state index contributed by atoms with van der Waals surface area (Å²) in [6, 6.07) is 6.31. The lowest BCUT2D eigenvalue weighted by Crippen LogP contribution is -2.46. The zero-order valence-electron chi connectivity index (χ0n) is 17.7. The number of hydrogen-bond acceptors (Lipinski definition) is 6. The fourth-order valence-electron chi connectivity index (χ4n) is 3.67. The molecular weight excluding hydrogens is 425 g/mol. The van der Waals surface area contributed by atoms with E-state index < -0.39 is 27.3 Å². The number of amides is 1. The molecule has 10 heteroatoms. The summed E-state index contributed by atoms with van der Waals surface area (Å²) in [5, 5.41) is 4.27. The Balaban J connectivity index is 1.89. The van der Waals surface area contributed by atoms with Crippen LogP contribution in [0.4, 0.5) is 4.39 Å². The molecule has 1 aliphatic rings. The number of carbonyl (C=O) groups is 1. The van der Waals surface area contributed by atoms with Crippen LogP contribution < -0.4 is 10.3 Å². The second-order valence-corrected chi connectivity index (χ2v) is 10.3. The lowest BCUT2D eigenvalue weighted by molar-refractivity contribution is -0.134. The summed E-state index contributed by atoms with van der Waals surface area (Å²) in [6.45, 7) is 3.95. The molecule has 1 atom stereocenters.